The third kappa shape index (κ3) is 4.09. The fourth-order valence-electron chi connectivity index (χ4n) is 0.333. The molecule has 0 bridgehead atoms. The van der Waals surface area contributed by atoms with Crippen molar-refractivity contribution in [2.24, 2.45) is 0 Å². The molecule has 6 heavy (non-hydrogen) atoms. The molecule has 0 aliphatic rings. The summed E-state index contributed by atoms with van der Waals surface area (Å²) in [5.41, 5.74) is 2.39. The van der Waals surface area contributed by atoms with Crippen molar-refractivity contribution in [2.75, 3.05) is 0 Å². The van der Waals surface area contributed by atoms with E-state index in [1.807, 2.05) is 0 Å². The van der Waals surface area contributed by atoms with Gasteiger partial charge in [0.05, 0.1) is 0 Å². The van der Waals surface area contributed by atoms with Crippen LogP contribution in [0.1, 0.15) is 20.3 Å². The van der Waals surface area contributed by atoms with Crippen LogP contribution in [0.15, 0.2) is 0 Å². The van der Waals surface area contributed by atoms with Gasteiger partial charge in [-0.2, -0.15) is 0 Å². The predicted octanol–water partition coefficient (Wildman–Crippen LogP) is 1.07. The maximum atomic E-state index is 2.39. The topological polar surface area (TPSA) is 0 Å². The molecule has 0 saturated heterocycles. The highest BCUT2D eigenvalue weighted by atomic mass is 28.2. The van der Waals surface area contributed by atoms with Gasteiger partial charge in [-0.05, 0) is 15.6 Å². The lowest BCUT2D eigenvalue weighted by molar-refractivity contribution is 1.35. The van der Waals surface area contributed by atoms with Crippen LogP contribution in [-0.4, -0.2) is 14.8 Å². The lowest BCUT2D eigenvalue weighted by atomic mass is 10.6. The number of hydrogen-bond acceptors (Lipinski definition) is 0. The molecule has 0 aromatic heterocycles. The van der Waals surface area contributed by atoms with Gasteiger partial charge in [-0.25, -0.2) is 0 Å². The molecule has 0 unspecified atom stereocenters. The summed E-state index contributed by atoms with van der Waals surface area (Å²) < 4.78 is 0. The zero-order valence-corrected chi connectivity index (χ0v) is 5.72. The molecule has 0 spiro atoms. The van der Waals surface area contributed by atoms with E-state index < -0.39 is 0 Å². The van der Waals surface area contributed by atoms with Crippen molar-refractivity contribution in [1.82, 2.24) is 0 Å². The molecule has 0 aromatic carbocycles. The second kappa shape index (κ2) is 5.09. The zero-order valence-electron chi connectivity index (χ0n) is 4.57. The van der Waals surface area contributed by atoms with Gasteiger partial charge in [0.1, 0.15) is 0 Å². The molecule has 0 fully saturated rings. The Morgan fingerprint density at radius 2 is 2.17 bits per heavy atom. The Bertz CT molecular complexity index is 33.2. The molecule has 0 heterocycles. The average Bonchev–Trinajstić information content (AvgIpc) is 1.61. The molecule has 0 saturated carbocycles. The molecule has 0 rings (SSSR count). The Labute approximate surface area is 42.0 Å². The van der Waals surface area contributed by atoms with E-state index in [1.165, 1.54) is 12.5 Å². The summed E-state index contributed by atoms with van der Waals surface area (Å²) in [6.45, 7) is 4.43. The summed E-state index contributed by atoms with van der Waals surface area (Å²) in [5.74, 6) is 0. The lowest BCUT2D eigenvalue weighted by Crippen LogP contribution is -1.75. The van der Waals surface area contributed by atoms with E-state index in [1.54, 1.807) is 0 Å². The Hall–Kier alpha value is 0.0869. The minimum absolute atomic E-state index is 0.693. The van der Waals surface area contributed by atoms with Crippen molar-refractivity contribution in [3.05, 3.63) is 0 Å². The normalized spacial score (nSPS) is 10.3. The van der Waals surface area contributed by atoms with Crippen LogP contribution >= 0.6 is 0 Å². The van der Waals surface area contributed by atoms with E-state index in [-0.39, 0.29) is 0 Å². The van der Waals surface area contributed by atoms with Gasteiger partial charge >= 0.3 is 0 Å². The van der Waals surface area contributed by atoms with Crippen molar-refractivity contribution in [3.8, 4) is 0 Å². The number of hydrogen-bond donors (Lipinski definition) is 0. The van der Waals surface area contributed by atoms with E-state index in [9.17, 15) is 0 Å². The average molecular weight is 100 g/mol. The first kappa shape index (κ1) is 6.09. The molecule has 0 aliphatic carbocycles. The molecule has 0 atom stereocenters. The predicted molar refractivity (Wildman–Crippen MR) is 34.0 cm³/mol. The van der Waals surface area contributed by atoms with Crippen molar-refractivity contribution >= 4 is 14.8 Å². The van der Waals surface area contributed by atoms with E-state index in [0.717, 1.165) is 0 Å². The fourth-order valence-corrected chi connectivity index (χ4v) is 1.00. The molecule has 1 heteroatoms. The fraction of sp³-hybridized carbons (Fsp3) is 0.800. The Morgan fingerprint density at radius 1 is 1.50 bits per heavy atom. The van der Waals surface area contributed by atoms with Crippen LogP contribution in [0.25, 0.3) is 0 Å². The summed E-state index contributed by atoms with van der Waals surface area (Å²) in [6.07, 6.45) is 1.27. The van der Waals surface area contributed by atoms with Crippen molar-refractivity contribution < 1.29 is 0 Å². The van der Waals surface area contributed by atoms with Gasteiger partial charge in [-0.1, -0.05) is 19.9 Å². The third-order valence-corrected chi connectivity index (χ3v) is 1.91. The number of rotatable bonds is 2. The SMILES string of the molecule is CCC=[SiH]CC. The summed E-state index contributed by atoms with van der Waals surface area (Å²) >= 11 is 0. The van der Waals surface area contributed by atoms with Crippen LogP contribution in [0.2, 0.25) is 6.04 Å². The first-order valence-electron chi connectivity index (χ1n) is 2.56. The van der Waals surface area contributed by atoms with Gasteiger partial charge in [0.25, 0.3) is 0 Å². The van der Waals surface area contributed by atoms with E-state index in [0.29, 0.717) is 9.13 Å². The minimum Gasteiger partial charge on any atom is -0.107 e. The summed E-state index contributed by atoms with van der Waals surface area (Å²) in [7, 11) is 0.693. The van der Waals surface area contributed by atoms with Crippen LogP contribution in [0.3, 0.4) is 0 Å². The molecule has 0 radical (unpaired) electrons. The molecule has 0 aromatic rings. The quantitative estimate of drug-likeness (QED) is 0.455. The zero-order chi connectivity index (χ0) is 4.83. The van der Waals surface area contributed by atoms with Gasteiger partial charge in [-0.15, -0.1) is 5.67 Å². The second-order valence-corrected chi connectivity index (χ2v) is 3.05. The van der Waals surface area contributed by atoms with Crippen molar-refractivity contribution in [3.63, 3.8) is 0 Å². The van der Waals surface area contributed by atoms with Crippen molar-refractivity contribution in [2.45, 2.75) is 26.3 Å². The highest BCUT2D eigenvalue weighted by Crippen LogP contribution is 1.64. The van der Waals surface area contributed by atoms with Gasteiger partial charge in [0.2, 0.25) is 0 Å². The van der Waals surface area contributed by atoms with E-state index in [2.05, 4.69) is 19.5 Å². The minimum atomic E-state index is 0.693. The van der Waals surface area contributed by atoms with Gasteiger partial charge in [0.15, 0.2) is 0 Å². The second-order valence-electron chi connectivity index (χ2n) is 1.29. The first-order valence-corrected chi connectivity index (χ1v) is 4.05. The van der Waals surface area contributed by atoms with Gasteiger partial charge in [0, 0.05) is 0 Å². The van der Waals surface area contributed by atoms with Crippen LogP contribution in [0.5, 0.6) is 0 Å². The highest BCUT2D eigenvalue weighted by Gasteiger charge is 1.61. The Kier molecular flexibility index (Phi) is 5.16. The molecule has 36 valence electrons. The Balaban J connectivity index is 2.73. The third-order valence-electron chi connectivity index (χ3n) is 0.638. The molecule has 0 nitrogen and oxygen atoms in total. The summed E-state index contributed by atoms with van der Waals surface area (Å²) in [4.78, 5) is 0. The molecule has 0 N–H and O–H groups in total. The summed E-state index contributed by atoms with van der Waals surface area (Å²) in [5, 5.41) is 0. The smallest absolute Gasteiger partial charge is 0.0122 e. The maximum Gasteiger partial charge on any atom is -0.0122 e. The molecular weight excluding hydrogens is 88.1 g/mol. The molecular formula is C5H12Si. The maximum absolute atomic E-state index is 2.39. The van der Waals surface area contributed by atoms with E-state index >= 15 is 0 Å². The first-order chi connectivity index (χ1) is 2.91. The van der Waals surface area contributed by atoms with Crippen LogP contribution < -0.4 is 0 Å². The van der Waals surface area contributed by atoms with Crippen molar-refractivity contribution in [1.29, 1.82) is 0 Å². The molecule has 0 aliphatic heterocycles. The van der Waals surface area contributed by atoms with Crippen LogP contribution in [0, 0.1) is 0 Å². The monoisotopic (exact) mass is 100 g/mol. The molecule has 0 amide bonds. The van der Waals surface area contributed by atoms with Crippen LogP contribution in [0.4, 0.5) is 0 Å². The van der Waals surface area contributed by atoms with Gasteiger partial charge in [-0.3, -0.25) is 0 Å². The standard InChI is InChI=1S/C5H12Si/c1-3-5-6-4-2/h5-6H,3-4H2,1-2H3. The Morgan fingerprint density at radius 3 is 2.33 bits per heavy atom. The lowest BCUT2D eigenvalue weighted by Gasteiger charge is -1.71. The van der Waals surface area contributed by atoms with E-state index in [4.69, 9.17) is 0 Å². The van der Waals surface area contributed by atoms with Crippen LogP contribution in [-0.2, 0) is 0 Å². The highest BCUT2D eigenvalue weighted by molar-refractivity contribution is 6.46. The summed E-state index contributed by atoms with van der Waals surface area (Å²) in [6, 6.07) is 1.38. The largest absolute Gasteiger partial charge is 0.107 e. The van der Waals surface area contributed by atoms with Gasteiger partial charge < -0.3 is 0 Å².